The van der Waals surface area contributed by atoms with Gasteiger partial charge in [-0.2, -0.15) is 5.10 Å². The van der Waals surface area contributed by atoms with E-state index in [-0.39, 0.29) is 5.41 Å². The molecule has 4 aromatic rings. The lowest BCUT2D eigenvalue weighted by molar-refractivity contribution is 0.206. The fraction of sp³-hybridized carbons (Fsp3) is 0.348. The van der Waals surface area contributed by atoms with Crippen molar-refractivity contribution in [3.8, 4) is 17.1 Å². The Labute approximate surface area is 169 Å². The van der Waals surface area contributed by atoms with Crippen molar-refractivity contribution < 1.29 is 4.52 Å². The quantitative estimate of drug-likeness (QED) is 0.525. The van der Waals surface area contributed by atoms with Gasteiger partial charge in [0.1, 0.15) is 11.6 Å². The predicted molar refractivity (Wildman–Crippen MR) is 109 cm³/mol. The predicted octanol–water partition coefficient (Wildman–Crippen LogP) is 3.88. The molecule has 3 aromatic heterocycles. The minimum absolute atomic E-state index is 0.0108. The molecule has 29 heavy (non-hydrogen) atoms. The van der Waals surface area contributed by atoms with E-state index < -0.39 is 0 Å². The smallest absolute Gasteiger partial charge is 0.148 e. The van der Waals surface area contributed by atoms with E-state index in [9.17, 15) is 0 Å². The molecular weight excluding hydrogens is 362 g/mol. The highest BCUT2D eigenvalue weighted by molar-refractivity contribution is 5.60. The van der Waals surface area contributed by atoms with Crippen molar-refractivity contribution in [2.45, 2.75) is 38.0 Å². The van der Waals surface area contributed by atoms with Crippen LogP contribution in [0.25, 0.3) is 17.1 Å². The fourth-order valence-corrected chi connectivity index (χ4v) is 5.32. The number of nitrogens with zero attached hydrogens (tertiary/aromatic N) is 5. The Kier molecular flexibility index (Phi) is 3.43. The number of rotatable bonds is 2. The lowest BCUT2D eigenvalue weighted by Gasteiger charge is -2.43. The highest BCUT2D eigenvalue weighted by atomic mass is 16.5. The molecule has 2 unspecified atom stereocenters. The molecule has 0 aliphatic heterocycles. The molecule has 0 saturated carbocycles. The largest absolute Gasteiger partial charge is 0.361 e. The van der Waals surface area contributed by atoms with Gasteiger partial charge in [0.05, 0.1) is 23.7 Å². The van der Waals surface area contributed by atoms with Crippen LogP contribution in [0.3, 0.4) is 0 Å². The Balaban J connectivity index is 1.59. The molecule has 146 valence electrons. The Morgan fingerprint density at radius 2 is 2.03 bits per heavy atom. The summed E-state index contributed by atoms with van der Waals surface area (Å²) in [5.74, 6) is 2.56. The molecule has 0 N–H and O–H groups in total. The molecule has 0 fully saturated rings. The molecule has 1 aromatic carbocycles. The molecule has 0 saturated heterocycles. The molecule has 3 heterocycles. The highest BCUT2D eigenvalue weighted by Gasteiger charge is 2.48. The maximum Gasteiger partial charge on any atom is 0.148 e. The van der Waals surface area contributed by atoms with Crippen LogP contribution in [-0.2, 0) is 31.7 Å². The van der Waals surface area contributed by atoms with Crippen molar-refractivity contribution in [3.05, 3.63) is 71.6 Å². The van der Waals surface area contributed by atoms with E-state index in [4.69, 9.17) is 9.51 Å². The maximum atomic E-state index is 5.52. The van der Waals surface area contributed by atoms with Gasteiger partial charge in [-0.15, -0.1) is 0 Å². The number of aryl methyl sites for hydroxylation is 1. The van der Waals surface area contributed by atoms with Gasteiger partial charge in [0.15, 0.2) is 0 Å². The van der Waals surface area contributed by atoms with Crippen LogP contribution in [0.5, 0.6) is 0 Å². The highest BCUT2D eigenvalue weighted by Crippen LogP contribution is 2.49. The van der Waals surface area contributed by atoms with Crippen LogP contribution in [0, 0.1) is 5.92 Å². The van der Waals surface area contributed by atoms with Gasteiger partial charge in [-0.3, -0.25) is 9.25 Å². The normalized spacial score (nSPS) is 22.8. The summed E-state index contributed by atoms with van der Waals surface area (Å²) < 4.78 is 9.71. The van der Waals surface area contributed by atoms with Crippen molar-refractivity contribution in [3.63, 3.8) is 0 Å². The zero-order valence-corrected chi connectivity index (χ0v) is 16.7. The van der Waals surface area contributed by atoms with E-state index in [0.29, 0.717) is 5.92 Å². The van der Waals surface area contributed by atoms with E-state index >= 15 is 0 Å². The summed E-state index contributed by atoms with van der Waals surface area (Å²) in [5.41, 5.74) is 5.98. The van der Waals surface area contributed by atoms with Gasteiger partial charge < -0.3 is 4.52 Å². The van der Waals surface area contributed by atoms with E-state index in [0.717, 1.165) is 48.5 Å². The minimum Gasteiger partial charge on any atom is -0.361 e. The fourth-order valence-electron chi connectivity index (χ4n) is 5.32. The summed E-state index contributed by atoms with van der Waals surface area (Å²) in [6, 6.07) is 10.6. The van der Waals surface area contributed by atoms with Crippen molar-refractivity contribution in [2.24, 2.45) is 13.0 Å². The van der Waals surface area contributed by atoms with Gasteiger partial charge in [0, 0.05) is 42.0 Å². The monoisotopic (exact) mass is 385 g/mol. The number of hydrogen-bond acceptors (Lipinski definition) is 4. The van der Waals surface area contributed by atoms with Crippen LogP contribution in [0.4, 0.5) is 0 Å². The zero-order chi connectivity index (χ0) is 19.6. The topological polar surface area (TPSA) is 61.7 Å². The van der Waals surface area contributed by atoms with Gasteiger partial charge in [-0.25, -0.2) is 4.98 Å². The van der Waals surface area contributed by atoms with Crippen molar-refractivity contribution in [1.82, 2.24) is 24.5 Å². The van der Waals surface area contributed by atoms with Crippen LogP contribution < -0.4 is 0 Å². The van der Waals surface area contributed by atoms with E-state index in [2.05, 4.69) is 52.1 Å². The number of fused-ring (bicyclic) bond motifs is 4. The minimum atomic E-state index is -0.0108. The van der Waals surface area contributed by atoms with Crippen LogP contribution in [0.2, 0.25) is 0 Å². The van der Waals surface area contributed by atoms with E-state index in [1.165, 1.54) is 17.0 Å². The molecule has 6 nitrogen and oxygen atoms in total. The standard InChI is InChI=1S/C23H23N5O/c1-23-11-15-13-25-29-20(15)10-17(23)8-9-19-21(23)26-22(16-12-24-27(2)14-16)28(19)18-6-4-3-5-7-18/h3-7,12-14,17H,8-11H2,1-2H3. The van der Waals surface area contributed by atoms with Crippen LogP contribution in [0.1, 0.15) is 36.1 Å². The first-order chi connectivity index (χ1) is 14.1. The summed E-state index contributed by atoms with van der Waals surface area (Å²) in [6.07, 6.45) is 9.88. The Hall–Kier alpha value is -3.15. The molecule has 0 spiro atoms. The average molecular weight is 385 g/mol. The molecule has 0 amide bonds. The number of imidazole rings is 1. The third-order valence-electron chi connectivity index (χ3n) is 6.84. The number of para-hydroxylation sites is 1. The van der Waals surface area contributed by atoms with E-state index in [1.807, 2.05) is 30.3 Å². The molecule has 0 radical (unpaired) electrons. The second-order valence-electron chi connectivity index (χ2n) is 8.61. The summed E-state index contributed by atoms with van der Waals surface area (Å²) >= 11 is 0. The Morgan fingerprint density at radius 1 is 1.17 bits per heavy atom. The molecule has 0 bridgehead atoms. The summed E-state index contributed by atoms with van der Waals surface area (Å²) in [7, 11) is 1.95. The van der Waals surface area contributed by atoms with Crippen molar-refractivity contribution in [2.75, 3.05) is 0 Å². The van der Waals surface area contributed by atoms with Crippen molar-refractivity contribution >= 4 is 0 Å². The first-order valence-electron chi connectivity index (χ1n) is 10.2. The van der Waals surface area contributed by atoms with Gasteiger partial charge in [-0.05, 0) is 37.3 Å². The molecule has 2 atom stereocenters. The Bertz CT molecular complexity index is 1200. The first-order valence-corrected chi connectivity index (χ1v) is 10.2. The molecule has 6 heteroatoms. The summed E-state index contributed by atoms with van der Waals surface area (Å²) in [6.45, 7) is 2.38. The summed E-state index contributed by atoms with van der Waals surface area (Å²) in [4.78, 5) is 5.28. The SMILES string of the molecule is Cn1cc(-c2nc3c(n2-c2ccccc2)CCC2Cc4oncc4CC32C)cn1. The Morgan fingerprint density at radius 3 is 2.83 bits per heavy atom. The molecule has 6 rings (SSSR count). The average Bonchev–Trinajstić information content (AvgIpc) is 3.44. The number of benzene rings is 1. The van der Waals surface area contributed by atoms with Gasteiger partial charge >= 0.3 is 0 Å². The summed E-state index contributed by atoms with van der Waals surface area (Å²) in [5, 5.41) is 8.46. The van der Waals surface area contributed by atoms with Gasteiger partial charge in [0.2, 0.25) is 0 Å². The second kappa shape index (κ2) is 5.92. The number of hydrogen-bond donors (Lipinski definition) is 0. The second-order valence-corrected chi connectivity index (χ2v) is 8.61. The van der Waals surface area contributed by atoms with Crippen LogP contribution in [-0.4, -0.2) is 24.5 Å². The first kappa shape index (κ1) is 16.8. The van der Waals surface area contributed by atoms with E-state index in [1.54, 1.807) is 0 Å². The lowest BCUT2D eigenvalue weighted by atomic mass is 9.61. The van der Waals surface area contributed by atoms with Crippen molar-refractivity contribution in [1.29, 1.82) is 0 Å². The third-order valence-corrected chi connectivity index (χ3v) is 6.84. The van der Waals surface area contributed by atoms with Gasteiger partial charge in [-0.1, -0.05) is 30.3 Å². The third kappa shape index (κ3) is 2.38. The maximum absolute atomic E-state index is 5.52. The van der Waals surface area contributed by atoms with Crippen LogP contribution in [0.15, 0.2) is 53.4 Å². The lowest BCUT2D eigenvalue weighted by Crippen LogP contribution is -2.43. The molecular formula is C23H23N5O. The number of aromatic nitrogens is 5. The zero-order valence-electron chi connectivity index (χ0n) is 16.7. The van der Waals surface area contributed by atoms with Crippen LogP contribution >= 0.6 is 0 Å². The van der Waals surface area contributed by atoms with Gasteiger partial charge in [0.25, 0.3) is 0 Å². The molecule has 2 aliphatic carbocycles. The molecule has 2 aliphatic rings.